The average Bonchev–Trinajstić information content (AvgIpc) is 3.28. The Morgan fingerprint density at radius 1 is 1.09 bits per heavy atom. The summed E-state index contributed by atoms with van der Waals surface area (Å²) in [6.07, 6.45) is 3.74. The lowest BCUT2D eigenvalue weighted by Gasteiger charge is -2.10. The zero-order valence-corrected chi connectivity index (χ0v) is 13.2. The minimum Gasteiger partial charge on any atom is -0.368 e. The molecule has 1 aromatic carbocycles. The second kappa shape index (κ2) is 6.18. The van der Waals surface area contributed by atoms with Crippen LogP contribution in [0.3, 0.4) is 0 Å². The topological polar surface area (TPSA) is 55.6 Å². The molecule has 0 aliphatic heterocycles. The maximum atomic E-state index is 4.72. The van der Waals surface area contributed by atoms with Gasteiger partial charge >= 0.3 is 0 Å². The van der Waals surface area contributed by atoms with E-state index < -0.39 is 0 Å². The Balaban J connectivity index is 1.66. The van der Waals surface area contributed by atoms with Gasteiger partial charge in [-0.25, -0.2) is 9.97 Å². The van der Waals surface area contributed by atoms with Gasteiger partial charge in [-0.05, 0) is 29.6 Å². The zero-order valence-electron chi connectivity index (χ0n) is 12.4. The lowest BCUT2D eigenvalue weighted by molar-refractivity contribution is 0.637. The Morgan fingerprint density at radius 2 is 2.04 bits per heavy atom. The molecule has 5 nitrogen and oxygen atoms in total. The summed E-state index contributed by atoms with van der Waals surface area (Å²) in [6, 6.07) is 12.0. The summed E-state index contributed by atoms with van der Waals surface area (Å²) < 4.78 is 1.90. The lowest BCUT2D eigenvalue weighted by Crippen LogP contribution is -2.12. The van der Waals surface area contributed by atoms with Crippen molar-refractivity contribution in [2.75, 3.05) is 11.9 Å². The molecule has 0 fully saturated rings. The Bertz CT molecular complexity index is 900. The van der Waals surface area contributed by atoms with Crippen molar-refractivity contribution in [1.82, 2.24) is 19.7 Å². The van der Waals surface area contributed by atoms with E-state index in [-0.39, 0.29) is 0 Å². The van der Waals surface area contributed by atoms with Gasteiger partial charge in [0.15, 0.2) is 5.82 Å². The molecule has 1 N–H and O–H groups in total. The van der Waals surface area contributed by atoms with Crippen LogP contribution in [0.25, 0.3) is 22.3 Å². The van der Waals surface area contributed by atoms with Crippen LogP contribution in [0.4, 0.5) is 5.82 Å². The van der Waals surface area contributed by atoms with Crippen molar-refractivity contribution in [1.29, 1.82) is 0 Å². The van der Waals surface area contributed by atoms with Crippen LogP contribution in [0.2, 0.25) is 0 Å². The van der Waals surface area contributed by atoms with Crippen molar-refractivity contribution in [2.45, 2.75) is 6.54 Å². The molecule has 0 atom stereocenters. The monoisotopic (exact) mass is 321 g/mol. The summed E-state index contributed by atoms with van der Waals surface area (Å²) in [5, 5.41) is 12.8. The van der Waals surface area contributed by atoms with Gasteiger partial charge < -0.3 is 5.32 Å². The fourth-order valence-electron chi connectivity index (χ4n) is 2.45. The summed E-state index contributed by atoms with van der Waals surface area (Å²) >= 11 is 1.65. The number of fused-ring (bicyclic) bond motifs is 1. The van der Waals surface area contributed by atoms with Crippen LogP contribution in [0.15, 0.2) is 59.6 Å². The molecular weight excluding hydrogens is 306 g/mol. The fraction of sp³-hybridized carbons (Fsp3) is 0.118. The molecule has 0 saturated heterocycles. The van der Waals surface area contributed by atoms with Gasteiger partial charge in [0.2, 0.25) is 0 Å². The third-order valence-electron chi connectivity index (χ3n) is 3.58. The minimum absolute atomic E-state index is 0.756. The zero-order chi connectivity index (χ0) is 15.5. The second-order valence-electron chi connectivity index (χ2n) is 5.12. The van der Waals surface area contributed by atoms with Crippen LogP contribution in [0, 0.1) is 0 Å². The molecule has 0 aliphatic carbocycles. The Hall–Kier alpha value is -2.73. The molecule has 0 bridgehead atoms. The summed E-state index contributed by atoms with van der Waals surface area (Å²) in [7, 11) is 0. The van der Waals surface area contributed by atoms with E-state index in [1.54, 1.807) is 17.5 Å². The van der Waals surface area contributed by atoms with E-state index in [4.69, 9.17) is 4.98 Å². The van der Waals surface area contributed by atoms with Crippen molar-refractivity contribution in [3.8, 4) is 11.4 Å². The van der Waals surface area contributed by atoms with Gasteiger partial charge in [0.1, 0.15) is 5.82 Å². The number of para-hydroxylation sites is 1. The number of nitrogens with zero attached hydrogens (tertiary/aromatic N) is 4. The van der Waals surface area contributed by atoms with Crippen LogP contribution in [0.1, 0.15) is 0 Å². The number of hydrogen-bond acceptors (Lipinski definition) is 5. The second-order valence-corrected chi connectivity index (χ2v) is 5.90. The van der Waals surface area contributed by atoms with Gasteiger partial charge in [-0.1, -0.05) is 12.1 Å². The van der Waals surface area contributed by atoms with Crippen molar-refractivity contribution < 1.29 is 0 Å². The summed E-state index contributed by atoms with van der Waals surface area (Å²) in [6.45, 7) is 1.55. The van der Waals surface area contributed by atoms with E-state index in [1.807, 2.05) is 52.7 Å². The normalized spacial score (nSPS) is 11.0. The Kier molecular flexibility index (Phi) is 3.73. The van der Waals surface area contributed by atoms with E-state index in [1.165, 1.54) is 0 Å². The molecule has 0 amide bonds. The summed E-state index contributed by atoms with van der Waals surface area (Å²) in [4.78, 5) is 9.39. The third kappa shape index (κ3) is 2.93. The van der Waals surface area contributed by atoms with Crippen molar-refractivity contribution in [3.63, 3.8) is 0 Å². The largest absolute Gasteiger partial charge is 0.368 e. The number of thiophene rings is 1. The van der Waals surface area contributed by atoms with Crippen LogP contribution < -0.4 is 5.32 Å². The van der Waals surface area contributed by atoms with Crippen LogP contribution in [-0.2, 0) is 6.54 Å². The predicted octanol–water partition coefficient (Wildman–Crippen LogP) is 3.67. The van der Waals surface area contributed by atoms with E-state index in [9.17, 15) is 0 Å². The van der Waals surface area contributed by atoms with E-state index in [0.717, 1.165) is 41.2 Å². The molecule has 4 rings (SSSR count). The minimum atomic E-state index is 0.756. The number of anilines is 1. The molecule has 0 saturated carbocycles. The van der Waals surface area contributed by atoms with Crippen molar-refractivity contribution >= 4 is 28.1 Å². The molecule has 6 heteroatoms. The number of benzene rings is 1. The van der Waals surface area contributed by atoms with Gasteiger partial charge in [-0.2, -0.15) is 16.4 Å². The molecule has 0 radical (unpaired) electrons. The summed E-state index contributed by atoms with van der Waals surface area (Å²) in [5.74, 6) is 1.62. The number of rotatable bonds is 5. The van der Waals surface area contributed by atoms with Gasteiger partial charge in [0.05, 0.1) is 12.1 Å². The number of hydrogen-bond donors (Lipinski definition) is 1. The number of aromatic nitrogens is 4. The standard InChI is InChI=1S/C17H15N5S/c1-2-5-15-14(4-1)17(18-8-10-22-9-3-7-19-22)21-16(20-15)13-6-11-23-12-13/h1-7,9,11-12H,8,10H2,(H,18,20,21). The molecule has 3 aromatic heterocycles. The maximum absolute atomic E-state index is 4.72. The highest BCUT2D eigenvalue weighted by Crippen LogP contribution is 2.25. The number of nitrogens with one attached hydrogen (secondary N) is 1. The molecule has 4 aromatic rings. The average molecular weight is 321 g/mol. The first-order valence-electron chi connectivity index (χ1n) is 7.41. The van der Waals surface area contributed by atoms with Gasteiger partial charge in [-0.3, -0.25) is 4.68 Å². The van der Waals surface area contributed by atoms with Crippen molar-refractivity contribution in [2.24, 2.45) is 0 Å². The van der Waals surface area contributed by atoms with Gasteiger partial charge in [-0.15, -0.1) is 0 Å². The summed E-state index contributed by atoms with van der Waals surface area (Å²) in [5.41, 5.74) is 2.00. The van der Waals surface area contributed by atoms with Crippen LogP contribution in [-0.4, -0.2) is 26.3 Å². The Labute approximate surface area is 137 Å². The Morgan fingerprint density at radius 3 is 2.87 bits per heavy atom. The molecule has 114 valence electrons. The van der Waals surface area contributed by atoms with E-state index >= 15 is 0 Å². The van der Waals surface area contributed by atoms with E-state index in [2.05, 4.69) is 20.8 Å². The molecular formula is C17H15N5S. The highest BCUT2D eigenvalue weighted by molar-refractivity contribution is 7.08. The van der Waals surface area contributed by atoms with Gasteiger partial charge in [0.25, 0.3) is 0 Å². The highest BCUT2D eigenvalue weighted by Gasteiger charge is 2.09. The lowest BCUT2D eigenvalue weighted by atomic mass is 10.2. The first-order chi connectivity index (χ1) is 11.4. The highest BCUT2D eigenvalue weighted by atomic mass is 32.1. The van der Waals surface area contributed by atoms with E-state index in [0.29, 0.717) is 0 Å². The molecule has 0 spiro atoms. The van der Waals surface area contributed by atoms with Crippen LogP contribution >= 0.6 is 11.3 Å². The smallest absolute Gasteiger partial charge is 0.162 e. The van der Waals surface area contributed by atoms with Crippen molar-refractivity contribution in [3.05, 3.63) is 59.6 Å². The quantitative estimate of drug-likeness (QED) is 0.609. The third-order valence-corrected chi connectivity index (χ3v) is 4.26. The first-order valence-corrected chi connectivity index (χ1v) is 8.35. The predicted molar refractivity (Wildman–Crippen MR) is 93.6 cm³/mol. The fourth-order valence-corrected chi connectivity index (χ4v) is 3.09. The molecule has 3 heterocycles. The molecule has 0 unspecified atom stereocenters. The van der Waals surface area contributed by atoms with Gasteiger partial charge in [0, 0.05) is 35.3 Å². The maximum Gasteiger partial charge on any atom is 0.162 e. The molecule has 23 heavy (non-hydrogen) atoms. The molecule has 0 aliphatic rings. The van der Waals surface area contributed by atoms with Crippen LogP contribution in [0.5, 0.6) is 0 Å². The SMILES string of the molecule is c1ccc2c(NCCn3cccn3)nc(-c3ccsc3)nc2c1. The first kappa shape index (κ1) is 13.9.